The fraction of sp³-hybridized carbons (Fsp3) is 0.103. The van der Waals surface area contributed by atoms with E-state index in [-0.39, 0.29) is 40.3 Å². The number of hydrogen-bond donors (Lipinski definition) is 3. The molecule has 1 spiro atoms. The Morgan fingerprint density at radius 1 is 1.00 bits per heavy atom. The molecule has 198 valence electrons. The molecule has 1 aromatic heterocycles. The summed E-state index contributed by atoms with van der Waals surface area (Å²) in [7, 11) is 0. The number of carbonyl (C=O) groups excluding carboxylic acids is 1. The molecule has 0 saturated heterocycles. The lowest BCUT2D eigenvalue weighted by Crippen LogP contribution is -2.49. The molecule has 3 heterocycles. The predicted octanol–water partition coefficient (Wildman–Crippen LogP) is 4.29. The molecule has 11 heteroatoms. The van der Waals surface area contributed by atoms with Crippen molar-refractivity contribution in [2.75, 3.05) is 10.2 Å². The molecule has 40 heavy (non-hydrogen) atoms. The Hall–Kier alpha value is -4.95. The van der Waals surface area contributed by atoms with Crippen LogP contribution in [0.5, 0.6) is 0 Å². The third-order valence-corrected chi connectivity index (χ3v) is 7.91. The highest BCUT2D eigenvalue weighted by Gasteiger charge is 2.60. The number of fused-ring (bicyclic) bond motifs is 4. The van der Waals surface area contributed by atoms with E-state index in [1.165, 1.54) is 40.9 Å². The van der Waals surface area contributed by atoms with Gasteiger partial charge in [0.05, 0.1) is 17.7 Å². The molecule has 6 rings (SSSR count). The third kappa shape index (κ3) is 3.92. The van der Waals surface area contributed by atoms with Gasteiger partial charge in [-0.3, -0.25) is 9.59 Å². The van der Waals surface area contributed by atoms with E-state index in [9.17, 15) is 23.6 Å². The summed E-state index contributed by atoms with van der Waals surface area (Å²) >= 11 is 1.18. The topological polar surface area (TPSA) is 128 Å². The summed E-state index contributed by atoms with van der Waals surface area (Å²) in [6.45, 7) is 0.0756. The van der Waals surface area contributed by atoms with Gasteiger partial charge in [-0.1, -0.05) is 54.2 Å². The second-order valence-corrected chi connectivity index (χ2v) is 10.3. The van der Waals surface area contributed by atoms with Crippen LogP contribution in [0, 0.1) is 23.0 Å². The Balaban J connectivity index is 1.48. The van der Waals surface area contributed by atoms with Crippen molar-refractivity contribution >= 4 is 29.2 Å². The molecule has 1 unspecified atom stereocenters. The number of carbonyl (C=O) groups is 1. The number of aromatic amines is 1. The van der Waals surface area contributed by atoms with Crippen LogP contribution in [0.1, 0.15) is 22.3 Å². The Labute approximate surface area is 231 Å². The molecule has 0 aliphatic carbocycles. The zero-order valence-electron chi connectivity index (χ0n) is 20.7. The number of para-hydroxylation sites is 1. The highest BCUT2D eigenvalue weighted by molar-refractivity contribution is 7.98. The zero-order valence-corrected chi connectivity index (χ0v) is 21.6. The molecular weight excluding hydrogens is 534 g/mol. The van der Waals surface area contributed by atoms with Gasteiger partial charge in [-0.15, -0.1) is 0 Å². The summed E-state index contributed by atoms with van der Waals surface area (Å²) in [5.41, 5.74) is 5.93. The van der Waals surface area contributed by atoms with E-state index in [0.29, 0.717) is 28.1 Å². The van der Waals surface area contributed by atoms with Crippen molar-refractivity contribution < 1.29 is 13.6 Å². The fourth-order valence-electron chi connectivity index (χ4n) is 5.26. The molecule has 0 fully saturated rings. The summed E-state index contributed by atoms with van der Waals surface area (Å²) in [5, 5.41) is 13.3. The molecule has 3 aromatic carbocycles. The lowest BCUT2D eigenvalue weighted by molar-refractivity contribution is -0.120. The van der Waals surface area contributed by atoms with Gasteiger partial charge in [0.2, 0.25) is 5.91 Å². The quantitative estimate of drug-likeness (QED) is 0.248. The van der Waals surface area contributed by atoms with E-state index in [1.807, 2.05) is 0 Å². The third-order valence-electron chi connectivity index (χ3n) is 6.97. The van der Waals surface area contributed by atoms with E-state index >= 15 is 0 Å². The SMILES string of the molecule is N#CC1=C(N)Nc2nc(SCc3cccc(F)c3)[nH]c(=O)c2C12C(=O)N(Cc1ccc(F)cc1)c1ccccc12. The summed E-state index contributed by atoms with van der Waals surface area (Å²) < 4.78 is 27.2. The first-order chi connectivity index (χ1) is 19.3. The molecule has 2 aliphatic heterocycles. The Bertz CT molecular complexity index is 1810. The number of hydrogen-bond acceptors (Lipinski definition) is 7. The van der Waals surface area contributed by atoms with Crippen LogP contribution in [0.15, 0.2) is 94.1 Å². The van der Waals surface area contributed by atoms with Crippen molar-refractivity contribution in [2.45, 2.75) is 22.9 Å². The average molecular weight is 555 g/mol. The van der Waals surface area contributed by atoms with Crippen molar-refractivity contribution in [3.8, 4) is 6.07 Å². The lowest BCUT2D eigenvalue weighted by atomic mass is 9.69. The van der Waals surface area contributed by atoms with Gasteiger partial charge in [-0.2, -0.15) is 5.26 Å². The Morgan fingerprint density at radius 3 is 2.52 bits per heavy atom. The molecule has 2 aliphatic rings. The summed E-state index contributed by atoms with van der Waals surface area (Å²) in [4.78, 5) is 36.9. The number of rotatable bonds is 5. The molecule has 0 bridgehead atoms. The van der Waals surface area contributed by atoms with Crippen LogP contribution in [0.2, 0.25) is 0 Å². The average Bonchev–Trinajstić information content (AvgIpc) is 3.16. The number of anilines is 2. The number of nitrogens with one attached hydrogen (secondary N) is 2. The monoisotopic (exact) mass is 554 g/mol. The molecule has 1 atom stereocenters. The maximum Gasteiger partial charge on any atom is 0.258 e. The summed E-state index contributed by atoms with van der Waals surface area (Å²) in [6.07, 6.45) is 0. The molecule has 4 N–H and O–H groups in total. The first-order valence-corrected chi connectivity index (χ1v) is 13.2. The maximum atomic E-state index is 14.4. The smallest absolute Gasteiger partial charge is 0.258 e. The van der Waals surface area contributed by atoms with Crippen molar-refractivity contribution in [3.05, 3.63) is 128 Å². The van der Waals surface area contributed by atoms with Crippen LogP contribution in [-0.4, -0.2) is 15.9 Å². The van der Waals surface area contributed by atoms with Crippen LogP contribution in [0.25, 0.3) is 0 Å². The molecule has 0 radical (unpaired) electrons. The van der Waals surface area contributed by atoms with Gasteiger partial charge in [0, 0.05) is 17.0 Å². The second kappa shape index (κ2) is 9.66. The number of nitrogens with zero attached hydrogens (tertiary/aromatic N) is 3. The summed E-state index contributed by atoms with van der Waals surface area (Å²) in [5.74, 6) is -1.06. The number of halogens is 2. The van der Waals surface area contributed by atoms with Crippen LogP contribution in [0.4, 0.5) is 20.3 Å². The largest absolute Gasteiger partial charge is 0.384 e. The van der Waals surface area contributed by atoms with Gasteiger partial charge in [-0.25, -0.2) is 13.8 Å². The van der Waals surface area contributed by atoms with Crippen LogP contribution in [0.3, 0.4) is 0 Å². The first-order valence-electron chi connectivity index (χ1n) is 12.2. The number of thioether (sulfide) groups is 1. The first kappa shape index (κ1) is 25.3. The molecule has 4 aromatic rings. The van der Waals surface area contributed by atoms with Gasteiger partial charge >= 0.3 is 0 Å². The second-order valence-electron chi connectivity index (χ2n) is 9.32. The number of H-pyrrole nitrogens is 1. The van der Waals surface area contributed by atoms with Crippen molar-refractivity contribution in [3.63, 3.8) is 0 Å². The maximum absolute atomic E-state index is 14.4. The number of benzene rings is 3. The van der Waals surface area contributed by atoms with Crippen LogP contribution < -0.4 is 21.5 Å². The predicted molar refractivity (Wildman–Crippen MR) is 146 cm³/mol. The van der Waals surface area contributed by atoms with Gasteiger partial charge < -0.3 is 20.9 Å². The van der Waals surface area contributed by atoms with E-state index in [0.717, 1.165) is 0 Å². The van der Waals surface area contributed by atoms with Crippen LogP contribution in [-0.2, 0) is 22.5 Å². The van der Waals surface area contributed by atoms with Gasteiger partial charge in [0.15, 0.2) is 5.16 Å². The molecular formula is C29H20F2N6O2S. The van der Waals surface area contributed by atoms with Gasteiger partial charge in [-0.05, 0) is 41.5 Å². The van der Waals surface area contributed by atoms with Gasteiger partial charge in [0.25, 0.3) is 5.56 Å². The van der Waals surface area contributed by atoms with E-state index in [1.54, 1.807) is 48.5 Å². The van der Waals surface area contributed by atoms with Crippen molar-refractivity contribution in [2.24, 2.45) is 5.73 Å². The highest BCUT2D eigenvalue weighted by atomic mass is 32.2. The fourth-order valence-corrected chi connectivity index (χ4v) is 6.07. The van der Waals surface area contributed by atoms with Gasteiger partial charge in [0.1, 0.15) is 34.8 Å². The van der Waals surface area contributed by atoms with E-state index in [2.05, 4.69) is 21.4 Å². The summed E-state index contributed by atoms with van der Waals surface area (Å²) in [6, 6.07) is 20.7. The number of nitriles is 1. The normalized spacial score (nSPS) is 17.4. The molecule has 1 amide bonds. The van der Waals surface area contributed by atoms with Crippen molar-refractivity contribution in [1.82, 2.24) is 9.97 Å². The number of nitrogens with two attached hydrogens (primary N) is 1. The number of aromatic nitrogens is 2. The molecule has 8 nitrogen and oxygen atoms in total. The van der Waals surface area contributed by atoms with E-state index in [4.69, 9.17) is 5.73 Å². The Morgan fingerprint density at radius 2 is 1.77 bits per heavy atom. The minimum Gasteiger partial charge on any atom is -0.384 e. The lowest BCUT2D eigenvalue weighted by Gasteiger charge is -2.34. The standard InChI is InChI=1S/C29H20F2N6O2S/c30-18-10-8-16(9-11-18)14-37-22-7-2-1-6-20(22)29(27(37)39)21(13-32)24(33)34-25-23(29)26(38)36-28(35-25)40-15-17-4-3-5-19(31)12-17/h1-12H,14-15,33H2,(H2,34,35,36,38). The minimum absolute atomic E-state index is 0.0487. The minimum atomic E-state index is -1.84. The Kier molecular flexibility index (Phi) is 6.12. The molecule has 0 saturated carbocycles. The number of amides is 1. The zero-order chi connectivity index (χ0) is 28.0. The van der Waals surface area contributed by atoms with Crippen molar-refractivity contribution in [1.29, 1.82) is 5.26 Å². The van der Waals surface area contributed by atoms with Crippen LogP contribution >= 0.6 is 11.8 Å². The van der Waals surface area contributed by atoms with E-state index < -0.39 is 22.7 Å². The highest BCUT2D eigenvalue weighted by Crippen LogP contribution is 2.53.